The van der Waals surface area contributed by atoms with Gasteiger partial charge in [0.15, 0.2) is 0 Å². The normalized spacial score (nSPS) is 9.87. The molecule has 2 aromatic rings. The maximum atomic E-state index is 6.05. The maximum Gasteiger partial charge on any atom is 0.123 e. The second-order valence-electron chi connectivity index (χ2n) is 2.89. The van der Waals surface area contributed by atoms with E-state index >= 15 is 0 Å². The van der Waals surface area contributed by atoms with Crippen LogP contribution in [0.5, 0.6) is 0 Å². The number of hydrogen-bond acceptors (Lipinski definition) is 3. The van der Waals surface area contributed by atoms with Gasteiger partial charge in [-0.3, -0.25) is 0 Å². The Morgan fingerprint density at radius 1 is 1.40 bits per heavy atom. The average molecular weight is 235 g/mol. The van der Waals surface area contributed by atoms with Gasteiger partial charge >= 0.3 is 0 Å². The van der Waals surface area contributed by atoms with Crippen LogP contribution in [0.3, 0.4) is 0 Å². The summed E-state index contributed by atoms with van der Waals surface area (Å²) < 4.78 is 4.21. The van der Waals surface area contributed by atoms with Gasteiger partial charge in [-0.15, -0.1) is 6.42 Å². The molecule has 0 aliphatic rings. The summed E-state index contributed by atoms with van der Waals surface area (Å²) in [5.74, 6) is 2.53. The van der Waals surface area contributed by atoms with Crippen molar-refractivity contribution in [3.8, 4) is 23.6 Å². The third kappa shape index (κ3) is 1.70. The van der Waals surface area contributed by atoms with Crippen molar-refractivity contribution in [2.24, 2.45) is 0 Å². The number of hydrogen-bond donors (Lipinski definition) is 1. The van der Waals surface area contributed by atoms with E-state index in [2.05, 4.69) is 10.3 Å². The van der Waals surface area contributed by atoms with Gasteiger partial charge in [0.05, 0.1) is 10.6 Å². The highest BCUT2D eigenvalue weighted by atomic mass is 35.5. The number of terminal acetylenes is 1. The zero-order valence-corrected chi connectivity index (χ0v) is 9.27. The number of anilines is 1. The Hall–Kier alpha value is -1.50. The smallest absolute Gasteiger partial charge is 0.123 e. The fourth-order valence-corrected chi connectivity index (χ4v) is 2.13. The number of nitrogens with two attached hydrogens (primary N) is 1. The minimum absolute atomic E-state index is 0.549. The van der Waals surface area contributed by atoms with Crippen molar-refractivity contribution in [1.82, 2.24) is 4.37 Å². The SMILES string of the molecule is C#Cc1c(-c2ccccc2Cl)nsc1N. The first kappa shape index (κ1) is 10.0. The van der Waals surface area contributed by atoms with E-state index in [1.165, 1.54) is 11.5 Å². The van der Waals surface area contributed by atoms with Crippen molar-refractivity contribution >= 4 is 28.1 Å². The Kier molecular flexibility index (Phi) is 2.63. The molecule has 0 amide bonds. The molecule has 0 unspecified atom stereocenters. The largest absolute Gasteiger partial charge is 0.388 e. The van der Waals surface area contributed by atoms with Crippen LogP contribution in [-0.2, 0) is 0 Å². The molecular weight excluding hydrogens is 228 g/mol. The Morgan fingerprint density at radius 2 is 2.13 bits per heavy atom. The van der Waals surface area contributed by atoms with Gasteiger partial charge < -0.3 is 5.73 Å². The van der Waals surface area contributed by atoms with Crippen LogP contribution < -0.4 is 5.73 Å². The summed E-state index contributed by atoms with van der Waals surface area (Å²) in [6.45, 7) is 0. The summed E-state index contributed by atoms with van der Waals surface area (Å²) in [6, 6.07) is 7.42. The van der Waals surface area contributed by atoms with Gasteiger partial charge in [-0.2, -0.15) is 4.37 Å². The van der Waals surface area contributed by atoms with Crippen molar-refractivity contribution in [2.75, 3.05) is 5.73 Å². The van der Waals surface area contributed by atoms with Crippen LogP contribution >= 0.6 is 23.1 Å². The third-order valence-electron chi connectivity index (χ3n) is 1.99. The molecule has 0 saturated heterocycles. The van der Waals surface area contributed by atoms with Gasteiger partial charge in [0, 0.05) is 5.56 Å². The van der Waals surface area contributed by atoms with Gasteiger partial charge in [-0.1, -0.05) is 35.7 Å². The molecule has 0 fully saturated rings. The summed E-state index contributed by atoms with van der Waals surface area (Å²) in [4.78, 5) is 0. The monoisotopic (exact) mass is 234 g/mol. The van der Waals surface area contributed by atoms with E-state index in [0.29, 0.717) is 21.3 Å². The molecule has 74 valence electrons. The van der Waals surface area contributed by atoms with E-state index < -0.39 is 0 Å². The van der Waals surface area contributed by atoms with Gasteiger partial charge in [-0.05, 0) is 17.6 Å². The predicted molar refractivity (Wildman–Crippen MR) is 64.9 cm³/mol. The van der Waals surface area contributed by atoms with Crippen molar-refractivity contribution < 1.29 is 0 Å². The average Bonchev–Trinajstić information content (AvgIpc) is 2.60. The van der Waals surface area contributed by atoms with Gasteiger partial charge in [-0.25, -0.2) is 0 Å². The summed E-state index contributed by atoms with van der Waals surface area (Å²) in [6.07, 6.45) is 5.38. The number of nitrogen functional groups attached to an aromatic ring is 1. The highest BCUT2D eigenvalue weighted by molar-refractivity contribution is 7.10. The number of nitrogens with zero attached hydrogens (tertiary/aromatic N) is 1. The van der Waals surface area contributed by atoms with Crippen LogP contribution in [0, 0.1) is 12.3 Å². The zero-order valence-electron chi connectivity index (χ0n) is 7.70. The second-order valence-corrected chi connectivity index (χ2v) is 4.11. The molecule has 0 radical (unpaired) electrons. The Bertz CT molecular complexity index is 540. The Morgan fingerprint density at radius 3 is 2.80 bits per heavy atom. The molecule has 2 N–H and O–H groups in total. The lowest BCUT2D eigenvalue weighted by Crippen LogP contribution is -1.86. The van der Waals surface area contributed by atoms with Crippen LogP contribution in [0.2, 0.25) is 5.02 Å². The molecule has 2 nitrogen and oxygen atoms in total. The standard InChI is InChI=1S/C11H7ClN2S/c1-2-7-10(14-15-11(7)13)8-5-3-4-6-9(8)12/h1,3-6H,13H2. The number of rotatable bonds is 1. The maximum absolute atomic E-state index is 6.05. The molecule has 1 heterocycles. The van der Waals surface area contributed by atoms with E-state index in [4.69, 9.17) is 23.8 Å². The minimum atomic E-state index is 0.549. The molecule has 0 aliphatic heterocycles. The lowest BCUT2D eigenvalue weighted by Gasteiger charge is -2.00. The molecule has 15 heavy (non-hydrogen) atoms. The minimum Gasteiger partial charge on any atom is -0.388 e. The summed E-state index contributed by atoms with van der Waals surface area (Å²) in [5.41, 5.74) is 7.83. The van der Waals surface area contributed by atoms with Gasteiger partial charge in [0.2, 0.25) is 0 Å². The second kappa shape index (κ2) is 3.93. The molecule has 4 heteroatoms. The van der Waals surface area contributed by atoms with Crippen molar-refractivity contribution in [2.45, 2.75) is 0 Å². The summed E-state index contributed by atoms with van der Waals surface area (Å²) >= 11 is 7.24. The quantitative estimate of drug-likeness (QED) is 0.771. The van der Waals surface area contributed by atoms with Crippen molar-refractivity contribution in [3.05, 3.63) is 34.9 Å². The van der Waals surface area contributed by atoms with Crippen molar-refractivity contribution in [3.63, 3.8) is 0 Å². The van der Waals surface area contributed by atoms with E-state index in [1.54, 1.807) is 6.07 Å². The van der Waals surface area contributed by atoms with Crippen LogP contribution in [0.4, 0.5) is 5.00 Å². The number of aromatic nitrogens is 1. The number of benzene rings is 1. The first-order chi connectivity index (χ1) is 7.24. The first-order valence-corrected chi connectivity index (χ1v) is 5.36. The van der Waals surface area contributed by atoms with Crippen LogP contribution in [0.1, 0.15) is 5.56 Å². The molecule has 2 rings (SSSR count). The van der Waals surface area contributed by atoms with Gasteiger partial charge in [0.25, 0.3) is 0 Å². The third-order valence-corrected chi connectivity index (χ3v) is 3.00. The molecule has 0 atom stereocenters. The molecule has 0 spiro atoms. The van der Waals surface area contributed by atoms with E-state index in [1.807, 2.05) is 18.2 Å². The molecule has 0 saturated carbocycles. The highest BCUT2D eigenvalue weighted by Gasteiger charge is 2.13. The summed E-state index contributed by atoms with van der Waals surface area (Å²) in [7, 11) is 0. The fourth-order valence-electron chi connectivity index (χ4n) is 1.28. The van der Waals surface area contributed by atoms with Gasteiger partial charge in [0.1, 0.15) is 10.7 Å². The first-order valence-electron chi connectivity index (χ1n) is 4.20. The van der Waals surface area contributed by atoms with Crippen molar-refractivity contribution in [1.29, 1.82) is 0 Å². The van der Waals surface area contributed by atoms with E-state index in [-0.39, 0.29) is 0 Å². The van der Waals surface area contributed by atoms with E-state index in [0.717, 1.165) is 5.56 Å². The Labute approximate surface area is 96.9 Å². The summed E-state index contributed by atoms with van der Waals surface area (Å²) in [5, 5.41) is 1.17. The number of halogens is 1. The lowest BCUT2D eigenvalue weighted by atomic mass is 10.1. The highest BCUT2D eigenvalue weighted by Crippen LogP contribution is 2.33. The van der Waals surface area contributed by atoms with Crippen LogP contribution in [0.25, 0.3) is 11.3 Å². The molecule has 0 aliphatic carbocycles. The molecule has 0 bridgehead atoms. The fraction of sp³-hybridized carbons (Fsp3) is 0. The molecular formula is C11H7ClN2S. The molecule has 1 aromatic carbocycles. The van der Waals surface area contributed by atoms with E-state index in [9.17, 15) is 0 Å². The lowest BCUT2D eigenvalue weighted by molar-refractivity contribution is 1.51. The van der Waals surface area contributed by atoms with Crippen LogP contribution in [-0.4, -0.2) is 4.37 Å². The topological polar surface area (TPSA) is 38.9 Å². The van der Waals surface area contributed by atoms with Crippen LogP contribution in [0.15, 0.2) is 24.3 Å². The molecule has 1 aromatic heterocycles. The predicted octanol–water partition coefficient (Wildman–Crippen LogP) is 3.03. The zero-order chi connectivity index (χ0) is 10.8. The Balaban J connectivity index is 2.66.